The molecule has 3 rings (SSSR count). The largest absolute Gasteiger partial charge is 0.493 e. The lowest BCUT2D eigenvalue weighted by Gasteiger charge is -2.13. The van der Waals surface area contributed by atoms with Gasteiger partial charge in [-0.15, -0.1) is 11.3 Å². The van der Waals surface area contributed by atoms with Crippen LogP contribution in [0, 0.1) is 22.7 Å². The Balaban J connectivity index is 1.93. The van der Waals surface area contributed by atoms with Crippen LogP contribution in [0.1, 0.15) is 34.4 Å². The van der Waals surface area contributed by atoms with E-state index in [4.69, 9.17) is 14.2 Å². The summed E-state index contributed by atoms with van der Waals surface area (Å²) in [6.07, 6.45) is 5.32. The van der Waals surface area contributed by atoms with Crippen LogP contribution >= 0.6 is 11.3 Å². The number of amides is 1. The zero-order valence-electron chi connectivity index (χ0n) is 17.0. The fraction of sp³-hybridized carbons (Fsp3) is 0.318. The molecule has 1 amide bonds. The van der Waals surface area contributed by atoms with Gasteiger partial charge in [-0.3, -0.25) is 4.79 Å². The molecule has 154 valence electrons. The van der Waals surface area contributed by atoms with Crippen LogP contribution in [0.15, 0.2) is 17.7 Å². The smallest absolute Gasteiger partial charge is 0.266 e. The number of anilines is 1. The topological polar surface area (TPSA) is 104 Å². The average molecular weight is 423 g/mol. The summed E-state index contributed by atoms with van der Waals surface area (Å²) < 4.78 is 15.9. The van der Waals surface area contributed by atoms with Crippen molar-refractivity contribution in [3.05, 3.63) is 39.3 Å². The van der Waals surface area contributed by atoms with E-state index in [1.54, 1.807) is 12.1 Å². The van der Waals surface area contributed by atoms with Gasteiger partial charge in [-0.25, -0.2) is 0 Å². The van der Waals surface area contributed by atoms with Crippen molar-refractivity contribution < 1.29 is 19.0 Å². The van der Waals surface area contributed by atoms with Crippen molar-refractivity contribution in [2.45, 2.75) is 25.7 Å². The minimum atomic E-state index is -0.568. The molecule has 7 nitrogen and oxygen atoms in total. The third kappa shape index (κ3) is 4.10. The SMILES string of the molecule is COc1cc(C=C(C#N)C(=O)Nc2sc3c(c2C#N)CCCC3)cc(OC)c1OC. The number of methoxy groups -OCH3 is 3. The first-order chi connectivity index (χ1) is 14.6. The number of fused-ring (bicyclic) bond motifs is 1. The molecule has 0 bridgehead atoms. The summed E-state index contributed by atoms with van der Waals surface area (Å²) in [7, 11) is 4.48. The Morgan fingerprint density at radius 1 is 1.10 bits per heavy atom. The predicted octanol–water partition coefficient (Wildman–Crippen LogP) is 4.07. The molecule has 8 heteroatoms. The molecule has 1 aromatic carbocycles. The van der Waals surface area contributed by atoms with Gasteiger partial charge in [0, 0.05) is 4.88 Å². The second-order valence-electron chi connectivity index (χ2n) is 6.61. The second kappa shape index (κ2) is 9.34. The van der Waals surface area contributed by atoms with Crippen LogP contribution in [-0.2, 0) is 17.6 Å². The highest BCUT2D eigenvalue weighted by atomic mass is 32.1. The van der Waals surface area contributed by atoms with Crippen LogP contribution in [0.3, 0.4) is 0 Å². The summed E-state index contributed by atoms with van der Waals surface area (Å²) in [5.74, 6) is 0.682. The van der Waals surface area contributed by atoms with Crippen molar-refractivity contribution in [3.8, 4) is 29.4 Å². The molecule has 1 aliphatic rings. The quantitative estimate of drug-likeness (QED) is 0.555. The molecule has 0 radical (unpaired) electrons. The number of carbonyl (C=O) groups excluding carboxylic acids is 1. The number of aryl methyl sites for hydroxylation is 1. The first kappa shape index (κ1) is 21.2. The fourth-order valence-corrected chi connectivity index (χ4v) is 4.68. The molecule has 1 N–H and O–H groups in total. The van der Waals surface area contributed by atoms with Crippen LogP contribution in [-0.4, -0.2) is 27.2 Å². The van der Waals surface area contributed by atoms with Crippen LogP contribution in [0.2, 0.25) is 0 Å². The van der Waals surface area contributed by atoms with Gasteiger partial charge in [-0.05, 0) is 55.0 Å². The Hall–Kier alpha value is -3.49. The van der Waals surface area contributed by atoms with Gasteiger partial charge >= 0.3 is 0 Å². The van der Waals surface area contributed by atoms with E-state index in [0.717, 1.165) is 36.1 Å². The molecule has 0 spiro atoms. The van der Waals surface area contributed by atoms with Gasteiger partial charge in [-0.1, -0.05) is 0 Å². The minimum absolute atomic E-state index is 0.0977. The number of nitriles is 2. The number of nitrogens with zero attached hydrogens (tertiary/aromatic N) is 2. The first-order valence-corrected chi connectivity index (χ1v) is 10.2. The normalized spacial score (nSPS) is 12.9. The van der Waals surface area contributed by atoms with Crippen molar-refractivity contribution in [2.24, 2.45) is 0 Å². The molecule has 0 saturated carbocycles. The van der Waals surface area contributed by atoms with Gasteiger partial charge in [0.25, 0.3) is 5.91 Å². The van der Waals surface area contributed by atoms with E-state index >= 15 is 0 Å². The first-order valence-electron chi connectivity index (χ1n) is 9.34. The van der Waals surface area contributed by atoms with Crippen LogP contribution in [0.4, 0.5) is 5.00 Å². The van der Waals surface area contributed by atoms with Gasteiger partial charge in [0.15, 0.2) is 11.5 Å². The van der Waals surface area contributed by atoms with Crippen LogP contribution < -0.4 is 19.5 Å². The van der Waals surface area contributed by atoms with Gasteiger partial charge in [0.05, 0.1) is 26.9 Å². The van der Waals surface area contributed by atoms with Gasteiger partial charge < -0.3 is 19.5 Å². The Morgan fingerprint density at radius 3 is 2.33 bits per heavy atom. The number of ether oxygens (including phenoxy) is 3. The number of thiophene rings is 1. The van der Waals surface area contributed by atoms with E-state index in [9.17, 15) is 15.3 Å². The molecule has 0 fully saturated rings. The summed E-state index contributed by atoms with van der Waals surface area (Å²) >= 11 is 1.42. The molecular weight excluding hydrogens is 402 g/mol. The van der Waals surface area contributed by atoms with E-state index in [2.05, 4.69) is 11.4 Å². The lowest BCUT2D eigenvalue weighted by atomic mass is 9.96. The molecule has 0 aliphatic heterocycles. The molecule has 1 aliphatic carbocycles. The van der Waals surface area contributed by atoms with Crippen molar-refractivity contribution >= 4 is 28.3 Å². The van der Waals surface area contributed by atoms with Gasteiger partial charge in [0.2, 0.25) is 5.75 Å². The molecule has 30 heavy (non-hydrogen) atoms. The van der Waals surface area contributed by atoms with E-state index in [1.165, 1.54) is 38.7 Å². The zero-order valence-corrected chi connectivity index (χ0v) is 17.8. The highest BCUT2D eigenvalue weighted by Gasteiger charge is 2.23. The average Bonchev–Trinajstić information content (AvgIpc) is 3.13. The minimum Gasteiger partial charge on any atom is -0.493 e. The molecule has 1 aromatic heterocycles. The Labute approximate surface area is 179 Å². The van der Waals surface area contributed by atoms with E-state index in [0.29, 0.717) is 33.4 Å². The van der Waals surface area contributed by atoms with Crippen molar-refractivity contribution in [1.29, 1.82) is 10.5 Å². The summed E-state index contributed by atoms with van der Waals surface area (Å²) in [5, 5.41) is 22.4. The monoisotopic (exact) mass is 423 g/mol. The Kier molecular flexibility index (Phi) is 6.61. The highest BCUT2D eigenvalue weighted by molar-refractivity contribution is 7.16. The summed E-state index contributed by atoms with van der Waals surface area (Å²) in [6.45, 7) is 0. The van der Waals surface area contributed by atoms with Crippen molar-refractivity contribution in [3.63, 3.8) is 0 Å². The van der Waals surface area contributed by atoms with E-state index in [1.807, 2.05) is 6.07 Å². The second-order valence-corrected chi connectivity index (χ2v) is 7.71. The molecule has 1 heterocycles. The number of carbonyl (C=O) groups is 1. The summed E-state index contributed by atoms with van der Waals surface area (Å²) in [5.41, 5.74) is 1.98. The van der Waals surface area contributed by atoms with Crippen molar-refractivity contribution in [2.75, 3.05) is 26.6 Å². The highest BCUT2D eigenvalue weighted by Crippen LogP contribution is 2.39. The maximum absolute atomic E-state index is 12.8. The van der Waals surface area contributed by atoms with E-state index in [-0.39, 0.29) is 5.57 Å². The Morgan fingerprint density at radius 2 is 1.77 bits per heavy atom. The zero-order chi connectivity index (χ0) is 21.7. The third-order valence-electron chi connectivity index (χ3n) is 4.87. The molecule has 0 atom stereocenters. The molecule has 2 aromatic rings. The summed E-state index contributed by atoms with van der Waals surface area (Å²) in [4.78, 5) is 13.9. The lowest BCUT2D eigenvalue weighted by Crippen LogP contribution is -2.13. The lowest BCUT2D eigenvalue weighted by molar-refractivity contribution is -0.112. The number of hydrogen-bond acceptors (Lipinski definition) is 7. The van der Waals surface area contributed by atoms with Crippen molar-refractivity contribution in [1.82, 2.24) is 0 Å². The summed E-state index contributed by atoms with van der Waals surface area (Å²) in [6, 6.07) is 7.43. The fourth-order valence-electron chi connectivity index (χ4n) is 3.44. The predicted molar refractivity (Wildman–Crippen MR) is 114 cm³/mol. The van der Waals surface area contributed by atoms with Crippen LogP contribution in [0.25, 0.3) is 6.08 Å². The molecule has 0 unspecified atom stereocenters. The standard InChI is InChI=1S/C22H21N3O4S/c1-27-17-9-13(10-18(28-2)20(17)29-3)8-14(11-23)21(26)25-22-16(12-24)15-6-4-5-7-19(15)30-22/h8-10H,4-7H2,1-3H3,(H,25,26). The van der Waals surface area contributed by atoms with Gasteiger partial charge in [0.1, 0.15) is 22.7 Å². The Bertz CT molecular complexity index is 1060. The number of rotatable bonds is 6. The maximum Gasteiger partial charge on any atom is 0.266 e. The van der Waals surface area contributed by atoms with E-state index < -0.39 is 5.91 Å². The number of hydrogen-bond donors (Lipinski definition) is 1. The maximum atomic E-state index is 12.8. The van der Waals surface area contributed by atoms with Crippen LogP contribution in [0.5, 0.6) is 17.2 Å². The third-order valence-corrected chi connectivity index (χ3v) is 6.08. The molecule has 0 saturated heterocycles. The van der Waals surface area contributed by atoms with Gasteiger partial charge in [-0.2, -0.15) is 10.5 Å². The molecular formula is C22H21N3O4S. The number of benzene rings is 1. The number of nitrogens with one attached hydrogen (secondary N) is 1.